The van der Waals surface area contributed by atoms with E-state index in [9.17, 15) is 8.42 Å². The molecule has 0 atom stereocenters. The third kappa shape index (κ3) is 1.82. The number of sulfonamides is 1. The average Bonchev–Trinajstić information content (AvgIpc) is 2.99. The second-order valence-electron chi connectivity index (χ2n) is 3.71. The summed E-state index contributed by atoms with van der Waals surface area (Å²) in [6.45, 7) is 0. The predicted molar refractivity (Wildman–Crippen MR) is 65.5 cm³/mol. The van der Waals surface area contributed by atoms with Crippen molar-refractivity contribution in [2.75, 3.05) is 4.72 Å². The number of hydrogen-bond acceptors (Lipinski definition) is 4. The SMILES string of the molecule is O=S(=O)(Nc1ccc2cn[nH]c2c1)c1cn[nH]c1. The molecule has 0 fully saturated rings. The van der Waals surface area contributed by atoms with Gasteiger partial charge in [0.1, 0.15) is 4.90 Å². The maximum Gasteiger partial charge on any atom is 0.265 e. The third-order valence-corrected chi connectivity index (χ3v) is 3.83. The van der Waals surface area contributed by atoms with E-state index >= 15 is 0 Å². The summed E-state index contributed by atoms with van der Waals surface area (Å²) in [5, 5.41) is 13.6. The first-order valence-electron chi connectivity index (χ1n) is 5.10. The molecule has 18 heavy (non-hydrogen) atoms. The lowest BCUT2D eigenvalue weighted by Gasteiger charge is -2.05. The lowest BCUT2D eigenvalue weighted by Crippen LogP contribution is -2.12. The molecule has 92 valence electrons. The molecule has 0 aliphatic carbocycles. The number of anilines is 1. The van der Waals surface area contributed by atoms with Crippen LogP contribution in [0.5, 0.6) is 0 Å². The summed E-state index contributed by atoms with van der Waals surface area (Å²) in [7, 11) is -3.60. The molecule has 0 saturated carbocycles. The van der Waals surface area contributed by atoms with Crippen LogP contribution < -0.4 is 4.72 Å². The molecule has 0 spiro atoms. The van der Waals surface area contributed by atoms with Crippen LogP contribution in [0.3, 0.4) is 0 Å². The smallest absolute Gasteiger partial charge is 0.265 e. The second kappa shape index (κ2) is 3.84. The first-order chi connectivity index (χ1) is 8.65. The van der Waals surface area contributed by atoms with Gasteiger partial charge >= 0.3 is 0 Å². The second-order valence-corrected chi connectivity index (χ2v) is 5.39. The standard InChI is InChI=1S/C10H9N5O2S/c16-18(17,9-5-11-12-6-9)15-8-2-1-7-4-13-14-10(7)3-8/h1-6,15H,(H,11,12)(H,13,14). The number of aromatic nitrogens is 4. The Bertz CT molecular complexity index is 776. The van der Waals surface area contributed by atoms with Gasteiger partial charge in [0.25, 0.3) is 10.0 Å². The maximum atomic E-state index is 11.9. The zero-order valence-corrected chi connectivity index (χ0v) is 9.90. The van der Waals surface area contributed by atoms with Crippen LogP contribution in [0.15, 0.2) is 41.7 Å². The number of benzene rings is 1. The van der Waals surface area contributed by atoms with Crippen LogP contribution in [-0.4, -0.2) is 28.8 Å². The highest BCUT2D eigenvalue weighted by atomic mass is 32.2. The normalized spacial score (nSPS) is 11.8. The van der Waals surface area contributed by atoms with E-state index in [0.29, 0.717) is 5.69 Å². The zero-order valence-electron chi connectivity index (χ0n) is 9.08. The number of aromatic amines is 2. The van der Waals surface area contributed by atoms with Crippen molar-refractivity contribution >= 4 is 26.6 Å². The van der Waals surface area contributed by atoms with Gasteiger partial charge < -0.3 is 0 Å². The van der Waals surface area contributed by atoms with Crippen LogP contribution in [0.4, 0.5) is 5.69 Å². The van der Waals surface area contributed by atoms with Gasteiger partial charge in [0.15, 0.2) is 0 Å². The van der Waals surface area contributed by atoms with E-state index in [4.69, 9.17) is 0 Å². The fourth-order valence-corrected chi connectivity index (χ4v) is 2.56. The Morgan fingerprint density at radius 1 is 1.17 bits per heavy atom. The third-order valence-electron chi connectivity index (χ3n) is 2.48. The lowest BCUT2D eigenvalue weighted by molar-refractivity contribution is 0.601. The highest BCUT2D eigenvalue weighted by molar-refractivity contribution is 7.92. The molecule has 2 aromatic heterocycles. The van der Waals surface area contributed by atoms with Gasteiger partial charge in [-0.3, -0.25) is 14.9 Å². The molecule has 7 nitrogen and oxygen atoms in total. The molecule has 0 radical (unpaired) electrons. The predicted octanol–water partition coefficient (Wildman–Crippen LogP) is 1.09. The van der Waals surface area contributed by atoms with E-state index in [1.165, 1.54) is 12.4 Å². The minimum Gasteiger partial charge on any atom is -0.284 e. The van der Waals surface area contributed by atoms with Crippen LogP contribution in [0.2, 0.25) is 0 Å². The van der Waals surface area contributed by atoms with Crippen molar-refractivity contribution in [2.24, 2.45) is 0 Å². The molecule has 1 aromatic carbocycles. The Morgan fingerprint density at radius 3 is 2.83 bits per heavy atom. The summed E-state index contributed by atoms with van der Waals surface area (Å²) in [5.41, 5.74) is 1.23. The van der Waals surface area contributed by atoms with Crippen LogP contribution in [0.25, 0.3) is 10.9 Å². The zero-order chi connectivity index (χ0) is 12.6. The van der Waals surface area contributed by atoms with E-state index in [1.807, 2.05) is 0 Å². The maximum absolute atomic E-state index is 11.9. The molecule has 0 aliphatic rings. The van der Waals surface area contributed by atoms with Crippen LogP contribution in [0.1, 0.15) is 0 Å². The molecule has 0 aliphatic heterocycles. The number of rotatable bonds is 3. The summed E-state index contributed by atoms with van der Waals surface area (Å²) in [4.78, 5) is 0.0900. The van der Waals surface area contributed by atoms with E-state index in [0.717, 1.165) is 10.9 Å². The molecular formula is C10H9N5O2S. The minimum absolute atomic E-state index is 0.0900. The molecule has 0 amide bonds. The molecule has 3 aromatic rings. The van der Waals surface area contributed by atoms with Gasteiger partial charge in [0.05, 0.1) is 23.6 Å². The Hall–Kier alpha value is -2.35. The molecule has 0 unspecified atom stereocenters. The van der Waals surface area contributed by atoms with Crippen molar-refractivity contribution in [3.63, 3.8) is 0 Å². The van der Waals surface area contributed by atoms with Gasteiger partial charge in [-0.05, 0) is 18.2 Å². The first-order valence-corrected chi connectivity index (χ1v) is 6.58. The molecule has 3 N–H and O–H groups in total. The highest BCUT2D eigenvalue weighted by Gasteiger charge is 2.15. The van der Waals surface area contributed by atoms with Gasteiger partial charge in [-0.15, -0.1) is 0 Å². The van der Waals surface area contributed by atoms with Gasteiger partial charge in [-0.1, -0.05) is 0 Å². The van der Waals surface area contributed by atoms with Crippen molar-refractivity contribution in [1.82, 2.24) is 20.4 Å². The van der Waals surface area contributed by atoms with Crippen molar-refractivity contribution in [3.05, 3.63) is 36.8 Å². The molecule has 3 rings (SSSR count). The molecule has 8 heteroatoms. The van der Waals surface area contributed by atoms with Gasteiger partial charge in [-0.25, -0.2) is 8.42 Å². The Balaban J connectivity index is 1.97. The number of nitrogens with one attached hydrogen (secondary N) is 3. The summed E-state index contributed by atoms with van der Waals surface area (Å²) < 4.78 is 26.3. The molecular weight excluding hydrogens is 254 g/mol. The molecule has 2 heterocycles. The molecule has 0 saturated heterocycles. The lowest BCUT2D eigenvalue weighted by atomic mass is 10.2. The van der Waals surface area contributed by atoms with Crippen molar-refractivity contribution in [1.29, 1.82) is 0 Å². The van der Waals surface area contributed by atoms with Crippen LogP contribution in [-0.2, 0) is 10.0 Å². The Kier molecular flexibility index (Phi) is 2.30. The fraction of sp³-hybridized carbons (Fsp3) is 0. The van der Waals surface area contributed by atoms with Crippen molar-refractivity contribution in [3.8, 4) is 0 Å². The number of H-pyrrole nitrogens is 2. The van der Waals surface area contributed by atoms with E-state index in [1.54, 1.807) is 24.4 Å². The summed E-state index contributed by atoms with van der Waals surface area (Å²) in [5.74, 6) is 0. The topological polar surface area (TPSA) is 104 Å². The summed E-state index contributed by atoms with van der Waals surface area (Å²) in [6.07, 6.45) is 4.23. The van der Waals surface area contributed by atoms with Gasteiger partial charge in [0.2, 0.25) is 0 Å². The number of hydrogen-bond donors (Lipinski definition) is 3. The minimum atomic E-state index is -3.60. The van der Waals surface area contributed by atoms with Gasteiger partial charge in [0, 0.05) is 11.6 Å². The number of nitrogens with zero attached hydrogens (tertiary/aromatic N) is 2. The van der Waals surface area contributed by atoms with Crippen molar-refractivity contribution in [2.45, 2.75) is 4.90 Å². The molecule has 0 bridgehead atoms. The Labute approximate surface area is 102 Å². The monoisotopic (exact) mass is 263 g/mol. The van der Waals surface area contributed by atoms with Gasteiger partial charge in [-0.2, -0.15) is 10.2 Å². The van der Waals surface area contributed by atoms with Crippen LogP contribution in [0, 0.1) is 0 Å². The first kappa shape index (κ1) is 10.8. The number of fused-ring (bicyclic) bond motifs is 1. The van der Waals surface area contributed by atoms with E-state index in [-0.39, 0.29) is 4.90 Å². The highest BCUT2D eigenvalue weighted by Crippen LogP contribution is 2.19. The summed E-state index contributed by atoms with van der Waals surface area (Å²) in [6, 6.07) is 5.14. The van der Waals surface area contributed by atoms with Crippen molar-refractivity contribution < 1.29 is 8.42 Å². The van der Waals surface area contributed by atoms with E-state index < -0.39 is 10.0 Å². The van der Waals surface area contributed by atoms with Crippen LogP contribution >= 0.6 is 0 Å². The quantitative estimate of drug-likeness (QED) is 0.658. The van der Waals surface area contributed by atoms with E-state index in [2.05, 4.69) is 25.1 Å². The average molecular weight is 263 g/mol. The largest absolute Gasteiger partial charge is 0.284 e. The fourth-order valence-electron chi connectivity index (χ4n) is 1.60. The summed E-state index contributed by atoms with van der Waals surface area (Å²) >= 11 is 0. The Morgan fingerprint density at radius 2 is 2.06 bits per heavy atom.